The van der Waals surface area contributed by atoms with E-state index in [-0.39, 0.29) is 11.8 Å². The van der Waals surface area contributed by atoms with Crippen LogP contribution in [0, 0.1) is 0 Å². The molecule has 33 heavy (non-hydrogen) atoms. The van der Waals surface area contributed by atoms with E-state index in [9.17, 15) is 9.59 Å². The van der Waals surface area contributed by atoms with Crippen LogP contribution in [0.25, 0.3) is 21.5 Å². The number of carbonyl (C=O) groups excluding carboxylic acids is 2. The summed E-state index contributed by atoms with van der Waals surface area (Å²) < 4.78 is 0. The number of anilines is 1. The Balaban J connectivity index is 1.31. The molecule has 0 heterocycles. The number of nitrogens with one attached hydrogen (secondary N) is 2. The van der Waals surface area contributed by atoms with Crippen LogP contribution in [0.4, 0.5) is 5.69 Å². The number of hydrogen-bond acceptors (Lipinski definition) is 2. The summed E-state index contributed by atoms with van der Waals surface area (Å²) >= 11 is 0. The summed E-state index contributed by atoms with van der Waals surface area (Å²) in [5.41, 5.74) is 2.72. The third-order valence-electron chi connectivity index (χ3n) is 5.74. The lowest BCUT2D eigenvalue weighted by atomic mass is 10.0. The Kier molecular flexibility index (Phi) is 5.56. The number of hydrogen-bond donors (Lipinski definition) is 2. The molecule has 0 saturated carbocycles. The molecule has 0 fully saturated rings. The van der Waals surface area contributed by atoms with Gasteiger partial charge < -0.3 is 10.6 Å². The average molecular weight is 431 g/mol. The topological polar surface area (TPSA) is 58.2 Å². The maximum atomic E-state index is 12.9. The summed E-state index contributed by atoms with van der Waals surface area (Å²) in [4.78, 5) is 25.7. The van der Waals surface area contributed by atoms with E-state index in [2.05, 4.69) is 28.8 Å². The van der Waals surface area contributed by atoms with Gasteiger partial charge in [-0.05, 0) is 51.4 Å². The van der Waals surface area contributed by atoms with E-state index in [1.165, 1.54) is 0 Å². The Morgan fingerprint density at radius 1 is 0.606 bits per heavy atom. The molecule has 0 aliphatic rings. The minimum absolute atomic E-state index is 0.191. The van der Waals surface area contributed by atoms with Gasteiger partial charge in [-0.1, -0.05) is 84.9 Å². The van der Waals surface area contributed by atoms with Crippen molar-refractivity contribution >= 4 is 39.0 Å². The molecule has 0 radical (unpaired) electrons. The monoisotopic (exact) mass is 430 g/mol. The van der Waals surface area contributed by atoms with Gasteiger partial charge in [0.15, 0.2) is 0 Å². The van der Waals surface area contributed by atoms with E-state index < -0.39 is 0 Å². The molecule has 2 N–H and O–H groups in total. The second kappa shape index (κ2) is 8.97. The second-order valence-electron chi connectivity index (χ2n) is 7.88. The van der Waals surface area contributed by atoms with Crippen LogP contribution in [0.15, 0.2) is 109 Å². The van der Waals surface area contributed by atoms with Gasteiger partial charge in [-0.15, -0.1) is 0 Å². The minimum Gasteiger partial charge on any atom is -0.348 e. The maximum absolute atomic E-state index is 12.9. The highest BCUT2D eigenvalue weighted by Crippen LogP contribution is 2.21. The van der Waals surface area contributed by atoms with Gasteiger partial charge in [-0.2, -0.15) is 0 Å². The van der Waals surface area contributed by atoms with Crippen LogP contribution in [-0.2, 0) is 6.54 Å². The van der Waals surface area contributed by atoms with Crippen molar-refractivity contribution in [3.8, 4) is 0 Å². The smallest absolute Gasteiger partial charge is 0.256 e. The lowest BCUT2D eigenvalue weighted by molar-refractivity contribution is 0.0949. The molecule has 0 atom stereocenters. The number of benzene rings is 5. The summed E-state index contributed by atoms with van der Waals surface area (Å²) in [6.45, 7) is 0.423. The maximum Gasteiger partial charge on any atom is 0.256 e. The van der Waals surface area contributed by atoms with Crippen LogP contribution >= 0.6 is 0 Å². The predicted molar refractivity (Wildman–Crippen MR) is 133 cm³/mol. The van der Waals surface area contributed by atoms with Gasteiger partial charge in [-0.3, -0.25) is 9.59 Å². The van der Waals surface area contributed by atoms with Crippen molar-refractivity contribution < 1.29 is 9.59 Å². The molecule has 0 spiro atoms. The van der Waals surface area contributed by atoms with Crippen molar-refractivity contribution in [2.24, 2.45) is 0 Å². The first kappa shape index (κ1) is 20.5. The molecule has 0 aliphatic heterocycles. The fourth-order valence-corrected chi connectivity index (χ4v) is 4.08. The molecule has 5 aromatic rings. The highest BCUT2D eigenvalue weighted by atomic mass is 16.2. The third kappa shape index (κ3) is 4.32. The highest BCUT2D eigenvalue weighted by molar-refractivity contribution is 6.13. The van der Waals surface area contributed by atoms with E-state index in [1.54, 1.807) is 30.3 Å². The molecule has 0 bridgehead atoms. The van der Waals surface area contributed by atoms with E-state index in [0.717, 1.165) is 27.1 Å². The van der Waals surface area contributed by atoms with Crippen molar-refractivity contribution in [3.05, 3.63) is 126 Å². The largest absolute Gasteiger partial charge is 0.348 e. The zero-order chi connectivity index (χ0) is 22.6. The minimum atomic E-state index is -0.208. The Morgan fingerprint density at radius 2 is 1.24 bits per heavy atom. The first-order chi connectivity index (χ1) is 16.2. The van der Waals surface area contributed by atoms with Gasteiger partial charge in [-0.25, -0.2) is 0 Å². The van der Waals surface area contributed by atoms with E-state index in [1.807, 2.05) is 60.7 Å². The normalized spacial score (nSPS) is 10.8. The van der Waals surface area contributed by atoms with Gasteiger partial charge >= 0.3 is 0 Å². The van der Waals surface area contributed by atoms with Crippen molar-refractivity contribution in [1.82, 2.24) is 5.32 Å². The first-order valence-corrected chi connectivity index (χ1v) is 10.8. The summed E-state index contributed by atoms with van der Waals surface area (Å²) in [5.74, 6) is -0.399. The summed E-state index contributed by atoms with van der Waals surface area (Å²) in [5, 5.41) is 10.1. The fourth-order valence-electron chi connectivity index (χ4n) is 4.08. The van der Waals surface area contributed by atoms with Gasteiger partial charge in [0.25, 0.3) is 11.8 Å². The third-order valence-corrected chi connectivity index (χ3v) is 5.74. The van der Waals surface area contributed by atoms with Gasteiger partial charge in [0.05, 0.1) is 0 Å². The molecule has 0 aromatic heterocycles. The van der Waals surface area contributed by atoms with Crippen LogP contribution in [0.5, 0.6) is 0 Å². The lowest BCUT2D eigenvalue weighted by Crippen LogP contribution is -2.23. The number of rotatable bonds is 5. The SMILES string of the molecule is O=C(NCc1cccc2ccccc12)c1cccc(NC(=O)c2cccc3ccccc23)c1. The van der Waals surface area contributed by atoms with Crippen LogP contribution in [0.3, 0.4) is 0 Å². The zero-order valence-corrected chi connectivity index (χ0v) is 17.9. The Bertz CT molecular complexity index is 1480. The standard InChI is InChI=1S/C29H22N2O2/c32-28(30-19-23-13-5-10-20-8-1-3-15-25(20)23)22-12-6-14-24(18-22)31-29(33)27-17-7-11-21-9-2-4-16-26(21)27/h1-18H,19H2,(H,30,32)(H,31,33). The summed E-state index contributed by atoms with van der Waals surface area (Å²) in [6, 6.07) is 34.6. The lowest BCUT2D eigenvalue weighted by Gasteiger charge is -2.11. The number of carbonyl (C=O) groups is 2. The molecule has 5 rings (SSSR count). The van der Waals surface area contributed by atoms with Crippen molar-refractivity contribution in [3.63, 3.8) is 0 Å². The summed E-state index contributed by atoms with van der Waals surface area (Å²) in [6.07, 6.45) is 0. The average Bonchev–Trinajstić information content (AvgIpc) is 2.87. The van der Waals surface area contributed by atoms with Gasteiger partial charge in [0.2, 0.25) is 0 Å². The van der Waals surface area contributed by atoms with Crippen LogP contribution in [0.2, 0.25) is 0 Å². The fraction of sp³-hybridized carbons (Fsp3) is 0.0345. The molecule has 0 unspecified atom stereocenters. The Hall–Kier alpha value is -4.44. The van der Waals surface area contributed by atoms with Crippen molar-refractivity contribution in [2.75, 3.05) is 5.32 Å². The second-order valence-corrected chi connectivity index (χ2v) is 7.88. The van der Waals surface area contributed by atoms with Crippen LogP contribution in [-0.4, -0.2) is 11.8 Å². The number of amides is 2. The van der Waals surface area contributed by atoms with Crippen molar-refractivity contribution in [1.29, 1.82) is 0 Å². The quantitative estimate of drug-likeness (QED) is 0.350. The number of fused-ring (bicyclic) bond motifs is 2. The van der Waals surface area contributed by atoms with Crippen LogP contribution in [0.1, 0.15) is 26.3 Å². The van der Waals surface area contributed by atoms with Gasteiger partial charge in [0, 0.05) is 23.4 Å². The van der Waals surface area contributed by atoms with Crippen LogP contribution < -0.4 is 10.6 Å². The first-order valence-electron chi connectivity index (χ1n) is 10.8. The molecule has 2 amide bonds. The Morgan fingerprint density at radius 3 is 2.06 bits per heavy atom. The highest BCUT2D eigenvalue weighted by Gasteiger charge is 2.12. The molecule has 0 saturated heterocycles. The Labute approximate surface area is 191 Å². The predicted octanol–water partition coefficient (Wildman–Crippen LogP) is 6.18. The van der Waals surface area contributed by atoms with Crippen molar-refractivity contribution in [2.45, 2.75) is 6.54 Å². The molecule has 160 valence electrons. The van der Waals surface area contributed by atoms with E-state index >= 15 is 0 Å². The molecule has 0 aliphatic carbocycles. The van der Waals surface area contributed by atoms with E-state index in [4.69, 9.17) is 0 Å². The molecule has 4 nitrogen and oxygen atoms in total. The molecule has 5 aromatic carbocycles. The van der Waals surface area contributed by atoms with E-state index in [0.29, 0.717) is 23.4 Å². The molecule has 4 heteroatoms. The van der Waals surface area contributed by atoms with Gasteiger partial charge in [0.1, 0.15) is 0 Å². The zero-order valence-electron chi connectivity index (χ0n) is 17.9. The molecular weight excluding hydrogens is 408 g/mol. The summed E-state index contributed by atoms with van der Waals surface area (Å²) in [7, 11) is 0. The molecular formula is C29H22N2O2.